The average Bonchev–Trinajstić information content (AvgIpc) is 2.67. The Labute approximate surface area is 115 Å². The maximum atomic E-state index is 6.20. The summed E-state index contributed by atoms with van der Waals surface area (Å²) in [5.74, 6) is 1.11. The molecule has 1 heterocycles. The Kier molecular flexibility index (Phi) is 4.56. The highest BCUT2D eigenvalue weighted by Gasteiger charge is 2.13. The van der Waals surface area contributed by atoms with Crippen molar-refractivity contribution in [3.8, 4) is 0 Å². The summed E-state index contributed by atoms with van der Waals surface area (Å²) in [7, 11) is 4.10. The number of benzene rings is 1. The number of aryl methyl sites for hydroxylation is 1. The lowest BCUT2D eigenvalue weighted by Gasteiger charge is -2.17. The molecular weight excluding hydrogens is 236 g/mol. The van der Waals surface area contributed by atoms with Crippen molar-refractivity contribution >= 4 is 11.0 Å². The van der Waals surface area contributed by atoms with Crippen LogP contribution in [0.5, 0.6) is 0 Å². The minimum Gasteiger partial charge on any atom is -0.328 e. The number of aromatic nitrogens is 2. The molecule has 0 aliphatic carbocycles. The van der Waals surface area contributed by atoms with Crippen LogP contribution in [0, 0.1) is 0 Å². The van der Waals surface area contributed by atoms with Crippen LogP contribution in [0.2, 0.25) is 0 Å². The van der Waals surface area contributed by atoms with E-state index in [2.05, 4.69) is 48.7 Å². The number of likely N-dealkylation sites (N-methyl/N-ethyl adjacent to an activating group) is 1. The molecule has 2 aromatic rings. The van der Waals surface area contributed by atoms with E-state index in [9.17, 15) is 0 Å². The van der Waals surface area contributed by atoms with Crippen molar-refractivity contribution in [3.63, 3.8) is 0 Å². The highest BCUT2D eigenvalue weighted by atomic mass is 15.1. The van der Waals surface area contributed by atoms with Crippen LogP contribution in [0.4, 0.5) is 0 Å². The summed E-state index contributed by atoms with van der Waals surface area (Å²) in [5.41, 5.74) is 8.49. The zero-order valence-corrected chi connectivity index (χ0v) is 12.1. The van der Waals surface area contributed by atoms with Crippen molar-refractivity contribution in [2.75, 3.05) is 20.6 Å². The first-order chi connectivity index (χ1) is 9.11. The van der Waals surface area contributed by atoms with E-state index in [1.165, 1.54) is 5.52 Å². The van der Waals surface area contributed by atoms with E-state index in [4.69, 9.17) is 10.7 Å². The first-order valence-electron chi connectivity index (χ1n) is 6.96. The molecule has 0 saturated heterocycles. The van der Waals surface area contributed by atoms with Crippen molar-refractivity contribution < 1.29 is 0 Å². The predicted molar refractivity (Wildman–Crippen MR) is 80.3 cm³/mol. The molecule has 104 valence electrons. The lowest BCUT2D eigenvalue weighted by molar-refractivity contribution is 0.367. The van der Waals surface area contributed by atoms with E-state index in [1.54, 1.807) is 0 Å². The molecule has 4 nitrogen and oxygen atoms in total. The fourth-order valence-corrected chi connectivity index (χ4v) is 2.52. The zero-order chi connectivity index (χ0) is 13.8. The van der Waals surface area contributed by atoms with Crippen LogP contribution in [0.15, 0.2) is 24.3 Å². The molecule has 1 unspecified atom stereocenters. The van der Waals surface area contributed by atoms with Gasteiger partial charge in [-0.05, 0) is 32.6 Å². The van der Waals surface area contributed by atoms with Crippen molar-refractivity contribution in [3.05, 3.63) is 30.1 Å². The molecule has 0 radical (unpaired) electrons. The highest BCUT2D eigenvalue weighted by Crippen LogP contribution is 2.17. The molecule has 2 N–H and O–H groups in total. The first kappa shape index (κ1) is 14.0. The summed E-state index contributed by atoms with van der Waals surface area (Å²) in [6.07, 6.45) is 1.93. The van der Waals surface area contributed by atoms with Gasteiger partial charge in [0.1, 0.15) is 5.82 Å². The van der Waals surface area contributed by atoms with Gasteiger partial charge in [0.15, 0.2) is 0 Å². The summed E-state index contributed by atoms with van der Waals surface area (Å²) in [6, 6.07) is 8.44. The molecule has 19 heavy (non-hydrogen) atoms. The number of nitrogens with zero attached hydrogens (tertiary/aromatic N) is 3. The van der Waals surface area contributed by atoms with Crippen LogP contribution in [-0.4, -0.2) is 41.1 Å². The summed E-state index contributed by atoms with van der Waals surface area (Å²) < 4.78 is 2.31. The van der Waals surface area contributed by atoms with Gasteiger partial charge in [-0.3, -0.25) is 0 Å². The van der Waals surface area contributed by atoms with E-state index < -0.39 is 0 Å². The van der Waals surface area contributed by atoms with Gasteiger partial charge in [0.2, 0.25) is 0 Å². The third-order valence-electron chi connectivity index (χ3n) is 3.23. The number of para-hydroxylation sites is 2. The normalized spacial score (nSPS) is 13.3. The SMILES string of the molecule is CCCn1c(CC(N)CN(C)C)nc2ccccc21. The molecule has 0 saturated carbocycles. The maximum Gasteiger partial charge on any atom is 0.111 e. The molecule has 1 aromatic heterocycles. The quantitative estimate of drug-likeness (QED) is 0.862. The van der Waals surface area contributed by atoms with Crippen LogP contribution in [0.1, 0.15) is 19.2 Å². The van der Waals surface area contributed by atoms with Gasteiger partial charge in [0.05, 0.1) is 11.0 Å². The van der Waals surface area contributed by atoms with Crippen LogP contribution in [0.3, 0.4) is 0 Å². The third kappa shape index (κ3) is 3.33. The fourth-order valence-electron chi connectivity index (χ4n) is 2.52. The predicted octanol–water partition coefficient (Wildman–Crippen LogP) is 1.88. The molecular formula is C15H24N4. The maximum absolute atomic E-state index is 6.20. The minimum absolute atomic E-state index is 0.127. The van der Waals surface area contributed by atoms with Gasteiger partial charge >= 0.3 is 0 Å². The monoisotopic (exact) mass is 260 g/mol. The van der Waals surface area contributed by atoms with E-state index in [0.29, 0.717) is 0 Å². The Morgan fingerprint density at radius 1 is 1.32 bits per heavy atom. The van der Waals surface area contributed by atoms with E-state index >= 15 is 0 Å². The van der Waals surface area contributed by atoms with Gasteiger partial charge in [-0.15, -0.1) is 0 Å². The number of hydrogen-bond acceptors (Lipinski definition) is 3. The second-order valence-corrected chi connectivity index (χ2v) is 5.39. The Balaban J connectivity index is 2.28. The Morgan fingerprint density at radius 2 is 2.05 bits per heavy atom. The van der Waals surface area contributed by atoms with Crippen LogP contribution < -0.4 is 5.73 Å². The van der Waals surface area contributed by atoms with Gasteiger partial charge in [-0.25, -0.2) is 4.98 Å². The number of imidazole rings is 1. The zero-order valence-electron chi connectivity index (χ0n) is 12.1. The molecule has 0 spiro atoms. The van der Waals surface area contributed by atoms with Gasteiger partial charge in [-0.1, -0.05) is 19.1 Å². The summed E-state index contributed by atoms with van der Waals surface area (Å²) in [5, 5.41) is 0. The van der Waals surface area contributed by atoms with E-state index in [1.807, 2.05) is 6.07 Å². The first-order valence-corrected chi connectivity index (χ1v) is 6.96. The molecule has 1 atom stereocenters. The van der Waals surface area contributed by atoms with Crippen molar-refractivity contribution in [2.24, 2.45) is 5.73 Å². The summed E-state index contributed by atoms with van der Waals surface area (Å²) in [6.45, 7) is 4.08. The van der Waals surface area contributed by atoms with Gasteiger partial charge < -0.3 is 15.2 Å². The number of rotatable bonds is 6. The Bertz CT molecular complexity index is 530. The third-order valence-corrected chi connectivity index (χ3v) is 3.23. The van der Waals surface area contributed by atoms with Gasteiger partial charge in [0, 0.05) is 25.6 Å². The molecule has 1 aromatic carbocycles. The van der Waals surface area contributed by atoms with E-state index in [0.717, 1.165) is 37.3 Å². The minimum atomic E-state index is 0.127. The second-order valence-electron chi connectivity index (χ2n) is 5.39. The van der Waals surface area contributed by atoms with Gasteiger partial charge in [-0.2, -0.15) is 0 Å². The lowest BCUT2D eigenvalue weighted by Crippen LogP contribution is -2.35. The highest BCUT2D eigenvalue weighted by molar-refractivity contribution is 5.75. The lowest BCUT2D eigenvalue weighted by atomic mass is 10.2. The standard InChI is InChI=1S/C15H24N4/c1-4-9-19-14-8-6-5-7-13(14)17-15(19)10-12(16)11-18(2)3/h5-8,12H,4,9-11,16H2,1-3H3. The molecule has 2 rings (SSSR count). The largest absolute Gasteiger partial charge is 0.328 e. The Hall–Kier alpha value is -1.39. The summed E-state index contributed by atoms with van der Waals surface area (Å²) in [4.78, 5) is 6.87. The average molecular weight is 260 g/mol. The van der Waals surface area contributed by atoms with Gasteiger partial charge in [0.25, 0.3) is 0 Å². The van der Waals surface area contributed by atoms with Crippen molar-refractivity contribution in [1.82, 2.24) is 14.5 Å². The van der Waals surface area contributed by atoms with Crippen molar-refractivity contribution in [2.45, 2.75) is 32.4 Å². The fraction of sp³-hybridized carbons (Fsp3) is 0.533. The number of hydrogen-bond donors (Lipinski definition) is 1. The molecule has 0 aliphatic heterocycles. The van der Waals surface area contributed by atoms with Crippen LogP contribution >= 0.6 is 0 Å². The number of fused-ring (bicyclic) bond motifs is 1. The van der Waals surface area contributed by atoms with E-state index in [-0.39, 0.29) is 6.04 Å². The summed E-state index contributed by atoms with van der Waals surface area (Å²) >= 11 is 0. The Morgan fingerprint density at radius 3 is 2.74 bits per heavy atom. The topological polar surface area (TPSA) is 47.1 Å². The number of nitrogens with two attached hydrogens (primary N) is 1. The molecule has 0 fully saturated rings. The van der Waals surface area contributed by atoms with Crippen LogP contribution in [0.25, 0.3) is 11.0 Å². The van der Waals surface area contributed by atoms with Crippen LogP contribution in [-0.2, 0) is 13.0 Å². The molecule has 0 bridgehead atoms. The van der Waals surface area contributed by atoms with Crippen molar-refractivity contribution in [1.29, 1.82) is 0 Å². The molecule has 0 aliphatic rings. The molecule has 0 amide bonds. The molecule has 4 heteroatoms. The second kappa shape index (κ2) is 6.17. The smallest absolute Gasteiger partial charge is 0.111 e.